The Balaban J connectivity index is 1.91. The third kappa shape index (κ3) is 6.26. The molecule has 0 unspecified atom stereocenters. The summed E-state index contributed by atoms with van der Waals surface area (Å²) in [6.07, 6.45) is 6.76. The molecule has 0 saturated heterocycles. The number of anilines is 2. The lowest BCUT2D eigenvalue weighted by molar-refractivity contribution is -0.118. The van der Waals surface area contributed by atoms with Crippen LogP contribution in [0.15, 0.2) is 47.5 Å². The summed E-state index contributed by atoms with van der Waals surface area (Å²) >= 11 is 1.22. The van der Waals surface area contributed by atoms with Crippen LogP contribution in [-0.4, -0.2) is 28.2 Å². The highest BCUT2D eigenvalue weighted by Crippen LogP contribution is 2.35. The van der Waals surface area contributed by atoms with Crippen molar-refractivity contribution < 1.29 is 9.53 Å². The minimum Gasteiger partial charge on any atom is -0.437 e. The van der Waals surface area contributed by atoms with Crippen molar-refractivity contribution in [2.45, 2.75) is 18.7 Å². The first-order valence-electron chi connectivity index (χ1n) is 10.1. The number of nitrogens with zero attached hydrogens (tertiary/aromatic N) is 4. The number of rotatable bonds is 8. The van der Waals surface area contributed by atoms with Gasteiger partial charge in [-0.15, -0.1) is 18.2 Å². The fourth-order valence-electron chi connectivity index (χ4n) is 2.96. The number of hydrogen-bond donors (Lipinski definition) is 2. The van der Waals surface area contributed by atoms with Crippen LogP contribution in [0.4, 0.5) is 11.6 Å². The molecule has 8 nitrogen and oxygen atoms in total. The van der Waals surface area contributed by atoms with E-state index < -0.39 is 0 Å². The molecule has 0 fully saturated rings. The van der Waals surface area contributed by atoms with E-state index >= 15 is 0 Å². The lowest BCUT2D eigenvalue weighted by Crippen LogP contribution is -2.25. The average Bonchev–Trinajstić information content (AvgIpc) is 2.84. The highest BCUT2D eigenvalue weighted by atomic mass is 32.2. The van der Waals surface area contributed by atoms with Gasteiger partial charge in [0.15, 0.2) is 0 Å². The summed E-state index contributed by atoms with van der Waals surface area (Å²) in [5, 5.41) is 23.9. The average molecular weight is 469 g/mol. The third-order valence-corrected chi connectivity index (χ3v) is 5.52. The molecule has 0 radical (unpaired) electrons. The van der Waals surface area contributed by atoms with Gasteiger partial charge in [0.05, 0.1) is 40.5 Å². The van der Waals surface area contributed by atoms with Gasteiger partial charge >= 0.3 is 0 Å². The number of aromatic nitrogens is 2. The van der Waals surface area contributed by atoms with Crippen molar-refractivity contribution in [3.8, 4) is 36.1 Å². The maximum absolute atomic E-state index is 12.0. The van der Waals surface area contributed by atoms with E-state index in [1.54, 1.807) is 42.6 Å². The molecule has 1 aromatic heterocycles. The van der Waals surface area contributed by atoms with E-state index in [9.17, 15) is 10.1 Å². The smallest absolute Gasteiger partial charge is 0.237 e. The second-order valence-corrected chi connectivity index (χ2v) is 8.12. The van der Waals surface area contributed by atoms with Crippen molar-refractivity contribution >= 4 is 29.3 Å². The zero-order valence-corrected chi connectivity index (χ0v) is 19.4. The van der Waals surface area contributed by atoms with Crippen LogP contribution >= 0.6 is 11.8 Å². The first-order valence-corrected chi connectivity index (χ1v) is 11.1. The molecule has 1 heterocycles. The molecule has 1 amide bonds. The van der Waals surface area contributed by atoms with E-state index in [1.807, 2.05) is 13.8 Å². The van der Waals surface area contributed by atoms with Gasteiger partial charge in [-0.25, -0.2) is 4.98 Å². The summed E-state index contributed by atoms with van der Waals surface area (Å²) < 4.78 is 6.17. The third-order valence-electron chi connectivity index (χ3n) is 4.53. The van der Waals surface area contributed by atoms with Crippen molar-refractivity contribution in [3.63, 3.8) is 0 Å². The van der Waals surface area contributed by atoms with Gasteiger partial charge in [0.25, 0.3) is 0 Å². The molecule has 9 heteroatoms. The maximum atomic E-state index is 12.0. The van der Waals surface area contributed by atoms with E-state index in [-0.39, 0.29) is 30.0 Å². The monoisotopic (exact) mass is 468 g/mol. The van der Waals surface area contributed by atoms with Gasteiger partial charge in [-0.3, -0.25) is 4.79 Å². The quantitative estimate of drug-likeness (QED) is 0.372. The lowest BCUT2D eigenvalue weighted by atomic mass is 10.1. The maximum Gasteiger partial charge on any atom is 0.237 e. The van der Waals surface area contributed by atoms with Crippen LogP contribution in [0, 0.1) is 48.9 Å². The van der Waals surface area contributed by atoms with Crippen molar-refractivity contribution in [3.05, 3.63) is 64.8 Å². The van der Waals surface area contributed by atoms with Crippen LogP contribution in [0.1, 0.15) is 22.3 Å². The van der Waals surface area contributed by atoms with Crippen molar-refractivity contribution in [1.82, 2.24) is 15.3 Å². The molecule has 0 aliphatic carbocycles. The molecule has 34 heavy (non-hydrogen) atoms. The number of amides is 1. The molecule has 2 aromatic carbocycles. The number of aryl methyl sites for hydroxylation is 2. The number of carbonyl (C=O) groups is 1. The molecular weight excluding hydrogens is 448 g/mol. The molecule has 0 bridgehead atoms. The summed E-state index contributed by atoms with van der Waals surface area (Å²) in [5.74, 6) is 3.36. The Morgan fingerprint density at radius 3 is 2.41 bits per heavy atom. The molecule has 0 aliphatic heterocycles. The molecule has 3 rings (SSSR count). The first kappa shape index (κ1) is 24.1. The normalized spacial score (nSPS) is 9.85. The number of benzene rings is 2. The Bertz CT molecular complexity index is 1310. The fourth-order valence-corrected chi connectivity index (χ4v) is 3.69. The molecule has 2 N–H and O–H groups in total. The Hall–Kier alpha value is -4.52. The second kappa shape index (κ2) is 11.4. The van der Waals surface area contributed by atoms with Crippen LogP contribution in [-0.2, 0) is 4.79 Å². The second-order valence-electron chi connectivity index (χ2n) is 7.10. The first-order chi connectivity index (χ1) is 16.4. The number of hydrogen-bond acceptors (Lipinski definition) is 8. The Morgan fingerprint density at radius 1 is 1.12 bits per heavy atom. The van der Waals surface area contributed by atoms with Gasteiger partial charge in [0.2, 0.25) is 17.7 Å². The van der Waals surface area contributed by atoms with Gasteiger partial charge < -0.3 is 15.4 Å². The van der Waals surface area contributed by atoms with Gasteiger partial charge in [0, 0.05) is 11.9 Å². The van der Waals surface area contributed by atoms with Gasteiger partial charge in [-0.2, -0.15) is 15.5 Å². The molecular formula is C25H20N6O2S. The number of nitrogens with one attached hydrogen (secondary N) is 2. The van der Waals surface area contributed by atoms with E-state index in [1.165, 1.54) is 11.8 Å². The van der Waals surface area contributed by atoms with Crippen molar-refractivity contribution in [2.75, 3.05) is 17.6 Å². The summed E-state index contributed by atoms with van der Waals surface area (Å²) in [5.41, 5.74) is 3.33. The van der Waals surface area contributed by atoms with E-state index in [0.29, 0.717) is 27.5 Å². The summed E-state index contributed by atoms with van der Waals surface area (Å²) in [7, 11) is 0. The van der Waals surface area contributed by atoms with Gasteiger partial charge in [-0.1, -0.05) is 5.92 Å². The predicted molar refractivity (Wildman–Crippen MR) is 130 cm³/mol. The predicted octanol–water partition coefficient (Wildman–Crippen LogP) is 4.21. The van der Waals surface area contributed by atoms with Crippen LogP contribution in [0.2, 0.25) is 0 Å². The topological polar surface area (TPSA) is 124 Å². The highest BCUT2D eigenvalue weighted by molar-refractivity contribution is 8.00. The molecule has 0 atom stereocenters. The van der Waals surface area contributed by atoms with E-state index in [4.69, 9.17) is 16.4 Å². The van der Waals surface area contributed by atoms with Gasteiger partial charge in [-0.05, 0) is 61.4 Å². The zero-order valence-electron chi connectivity index (χ0n) is 18.5. The number of thioether (sulfide) groups is 1. The minimum atomic E-state index is -0.223. The zero-order chi connectivity index (χ0) is 24.5. The highest BCUT2D eigenvalue weighted by Gasteiger charge is 2.16. The van der Waals surface area contributed by atoms with Crippen molar-refractivity contribution in [1.29, 1.82) is 10.5 Å². The Morgan fingerprint density at radius 2 is 1.79 bits per heavy atom. The standard InChI is InChI=1S/C25H20N6O2S/c1-4-9-28-22(32)15-34-21-14-29-25(30-20-7-5-18(12-26)6-8-20)31-24(21)33-23-16(2)10-19(13-27)11-17(23)3/h1,5-8,10-11,14H,9,15H2,2-3H3,(H,28,32)(H,29,30,31). The molecule has 3 aromatic rings. The lowest BCUT2D eigenvalue weighted by Gasteiger charge is -2.15. The SMILES string of the molecule is C#CCNC(=O)CSc1cnc(Nc2ccc(C#N)cc2)nc1Oc1c(C)cc(C#N)cc1C. The van der Waals surface area contributed by atoms with E-state index in [2.05, 4.69) is 38.7 Å². The largest absolute Gasteiger partial charge is 0.437 e. The summed E-state index contributed by atoms with van der Waals surface area (Å²) in [6.45, 7) is 3.84. The molecule has 0 aliphatic rings. The van der Waals surface area contributed by atoms with E-state index in [0.717, 1.165) is 11.1 Å². The van der Waals surface area contributed by atoms with Crippen LogP contribution in [0.5, 0.6) is 11.6 Å². The van der Waals surface area contributed by atoms with Gasteiger partial charge in [0.1, 0.15) is 5.75 Å². The summed E-state index contributed by atoms with van der Waals surface area (Å²) in [6, 6.07) is 14.5. The van der Waals surface area contributed by atoms with Crippen LogP contribution in [0.25, 0.3) is 0 Å². The molecule has 168 valence electrons. The fraction of sp³-hybridized carbons (Fsp3) is 0.160. The van der Waals surface area contributed by atoms with Crippen molar-refractivity contribution in [2.24, 2.45) is 0 Å². The Kier molecular flexibility index (Phi) is 8.07. The number of nitriles is 2. The number of carbonyl (C=O) groups excluding carboxylic acids is 1. The minimum absolute atomic E-state index is 0.106. The van der Waals surface area contributed by atoms with Crippen LogP contribution < -0.4 is 15.4 Å². The number of terminal acetylenes is 1. The molecule has 0 spiro atoms. The number of ether oxygens (including phenoxy) is 1. The summed E-state index contributed by atoms with van der Waals surface area (Å²) in [4.78, 5) is 21.4. The Labute approximate surface area is 202 Å². The van der Waals surface area contributed by atoms with Crippen LogP contribution in [0.3, 0.4) is 0 Å². The molecule has 0 saturated carbocycles.